The lowest BCUT2D eigenvalue weighted by Crippen LogP contribution is -2.41. The fourth-order valence-electron chi connectivity index (χ4n) is 1.63. The largest absolute Gasteiger partial charge is 0.498 e. The lowest BCUT2D eigenvalue weighted by atomic mass is 9.79. The molecule has 2 heterocycles. The van der Waals surface area contributed by atoms with Gasteiger partial charge in [0.05, 0.1) is 11.2 Å². The number of anilines is 1. The molecular weight excluding hydrogens is 283 g/mol. The van der Waals surface area contributed by atoms with Gasteiger partial charge in [0.15, 0.2) is 0 Å². The fourth-order valence-corrected chi connectivity index (χ4v) is 1.95. The summed E-state index contributed by atoms with van der Waals surface area (Å²) in [5.41, 5.74) is 5.92. The van der Waals surface area contributed by atoms with Crippen molar-refractivity contribution < 1.29 is 9.31 Å². The SMILES string of the molecule is CC1(C)OB(c2ccc(Br)nc2N)OC1(C)C. The molecule has 0 aromatic carbocycles. The highest BCUT2D eigenvalue weighted by Crippen LogP contribution is 2.36. The monoisotopic (exact) mass is 298 g/mol. The average molecular weight is 299 g/mol. The maximum atomic E-state index is 5.91. The third kappa shape index (κ3) is 2.21. The van der Waals surface area contributed by atoms with Crippen LogP contribution in [0.1, 0.15) is 27.7 Å². The Kier molecular flexibility index (Phi) is 3.00. The van der Waals surface area contributed by atoms with Gasteiger partial charge in [0, 0.05) is 5.46 Å². The van der Waals surface area contributed by atoms with Crippen LogP contribution in [-0.2, 0) is 9.31 Å². The van der Waals surface area contributed by atoms with Crippen molar-refractivity contribution >= 4 is 34.3 Å². The molecule has 6 heteroatoms. The van der Waals surface area contributed by atoms with Gasteiger partial charge in [0.1, 0.15) is 10.4 Å². The maximum Gasteiger partial charge on any atom is 0.498 e. The van der Waals surface area contributed by atoms with Crippen LogP contribution in [0.25, 0.3) is 0 Å². The molecule has 0 aliphatic carbocycles. The molecule has 1 fully saturated rings. The molecule has 0 saturated carbocycles. The second-order valence-electron chi connectivity index (χ2n) is 5.20. The Hall–Kier alpha value is -0.585. The van der Waals surface area contributed by atoms with Crippen LogP contribution in [0.5, 0.6) is 0 Å². The van der Waals surface area contributed by atoms with Gasteiger partial charge in [-0.2, -0.15) is 0 Å². The van der Waals surface area contributed by atoms with Gasteiger partial charge < -0.3 is 15.0 Å². The molecule has 0 amide bonds. The molecule has 0 spiro atoms. The van der Waals surface area contributed by atoms with Crippen molar-refractivity contribution in [3.63, 3.8) is 0 Å². The molecule has 0 radical (unpaired) electrons. The molecule has 92 valence electrons. The summed E-state index contributed by atoms with van der Waals surface area (Å²) in [6.07, 6.45) is 0. The molecule has 0 bridgehead atoms. The zero-order valence-electron chi connectivity index (χ0n) is 10.5. The van der Waals surface area contributed by atoms with Crippen molar-refractivity contribution in [1.29, 1.82) is 0 Å². The molecule has 1 aromatic heterocycles. The second-order valence-corrected chi connectivity index (χ2v) is 6.01. The predicted octanol–water partition coefficient (Wildman–Crippen LogP) is 1.73. The lowest BCUT2D eigenvalue weighted by Gasteiger charge is -2.32. The number of aromatic nitrogens is 1. The van der Waals surface area contributed by atoms with Gasteiger partial charge in [0.25, 0.3) is 0 Å². The van der Waals surface area contributed by atoms with Crippen molar-refractivity contribution in [3.8, 4) is 0 Å². The van der Waals surface area contributed by atoms with Crippen molar-refractivity contribution in [2.75, 3.05) is 5.73 Å². The van der Waals surface area contributed by atoms with Crippen molar-refractivity contribution in [2.24, 2.45) is 0 Å². The van der Waals surface area contributed by atoms with E-state index in [0.29, 0.717) is 10.4 Å². The molecule has 2 rings (SSSR count). The number of hydrogen-bond acceptors (Lipinski definition) is 4. The smallest absolute Gasteiger partial charge is 0.399 e. The van der Waals surface area contributed by atoms with Crippen molar-refractivity contribution in [2.45, 2.75) is 38.9 Å². The zero-order valence-corrected chi connectivity index (χ0v) is 12.0. The molecule has 1 aromatic rings. The van der Waals surface area contributed by atoms with Crippen LogP contribution >= 0.6 is 15.9 Å². The first-order valence-electron chi connectivity index (χ1n) is 5.50. The summed E-state index contributed by atoms with van der Waals surface area (Å²) in [7, 11) is -0.458. The Balaban J connectivity index is 2.32. The summed E-state index contributed by atoms with van der Waals surface area (Å²) in [6.45, 7) is 8.04. The number of pyridine rings is 1. The molecule has 0 unspecified atom stereocenters. The van der Waals surface area contributed by atoms with Gasteiger partial charge >= 0.3 is 7.12 Å². The quantitative estimate of drug-likeness (QED) is 0.634. The van der Waals surface area contributed by atoms with E-state index in [1.165, 1.54) is 0 Å². The number of nitrogens with zero attached hydrogens (tertiary/aromatic N) is 1. The Bertz CT molecular complexity index is 435. The number of nitrogen functional groups attached to an aromatic ring is 1. The Morgan fingerprint density at radius 2 is 1.71 bits per heavy atom. The first-order valence-corrected chi connectivity index (χ1v) is 6.30. The fraction of sp³-hybridized carbons (Fsp3) is 0.545. The van der Waals surface area contributed by atoms with Crippen LogP contribution < -0.4 is 11.2 Å². The van der Waals surface area contributed by atoms with E-state index in [1.54, 1.807) is 0 Å². The molecule has 4 nitrogen and oxygen atoms in total. The van der Waals surface area contributed by atoms with E-state index in [2.05, 4.69) is 20.9 Å². The number of halogens is 1. The Labute approximate surface area is 110 Å². The molecule has 0 atom stereocenters. The number of hydrogen-bond donors (Lipinski definition) is 1. The summed E-state index contributed by atoms with van der Waals surface area (Å²) in [5, 5.41) is 0. The molecule has 1 aliphatic heterocycles. The third-order valence-electron chi connectivity index (χ3n) is 3.43. The maximum absolute atomic E-state index is 5.91. The van der Waals surface area contributed by atoms with Crippen LogP contribution in [0.2, 0.25) is 0 Å². The van der Waals surface area contributed by atoms with E-state index in [1.807, 2.05) is 39.8 Å². The van der Waals surface area contributed by atoms with E-state index < -0.39 is 7.12 Å². The van der Waals surface area contributed by atoms with E-state index >= 15 is 0 Å². The van der Waals surface area contributed by atoms with E-state index in [-0.39, 0.29) is 11.2 Å². The molecule has 2 N–H and O–H groups in total. The highest BCUT2D eigenvalue weighted by atomic mass is 79.9. The summed E-state index contributed by atoms with van der Waals surface area (Å²) in [5.74, 6) is 0.429. The van der Waals surface area contributed by atoms with Crippen LogP contribution in [0, 0.1) is 0 Å². The van der Waals surface area contributed by atoms with Crippen LogP contribution in [0.3, 0.4) is 0 Å². The van der Waals surface area contributed by atoms with Gasteiger partial charge in [-0.3, -0.25) is 0 Å². The Morgan fingerprint density at radius 1 is 1.18 bits per heavy atom. The molecule has 1 aliphatic rings. The topological polar surface area (TPSA) is 57.4 Å². The van der Waals surface area contributed by atoms with Crippen LogP contribution in [0.4, 0.5) is 5.82 Å². The van der Waals surface area contributed by atoms with Gasteiger partial charge in [-0.1, -0.05) is 6.07 Å². The zero-order chi connectivity index (χ0) is 12.8. The molecule has 17 heavy (non-hydrogen) atoms. The second kappa shape index (κ2) is 3.97. The third-order valence-corrected chi connectivity index (χ3v) is 3.87. The molecule has 1 saturated heterocycles. The summed E-state index contributed by atoms with van der Waals surface area (Å²) < 4.78 is 12.5. The highest BCUT2D eigenvalue weighted by molar-refractivity contribution is 9.10. The van der Waals surface area contributed by atoms with Gasteiger partial charge in [-0.15, -0.1) is 0 Å². The van der Waals surface area contributed by atoms with Crippen LogP contribution in [0.15, 0.2) is 16.7 Å². The minimum absolute atomic E-state index is 0.364. The van der Waals surface area contributed by atoms with Gasteiger partial charge in [-0.05, 0) is 49.7 Å². The highest BCUT2D eigenvalue weighted by Gasteiger charge is 2.52. The minimum Gasteiger partial charge on any atom is -0.399 e. The molecular formula is C11H16BBrN2O2. The number of nitrogens with two attached hydrogens (primary N) is 1. The summed E-state index contributed by atoms with van der Waals surface area (Å²) >= 11 is 3.28. The first-order chi connectivity index (χ1) is 7.73. The standard InChI is InChI=1S/C11H16BBrN2O2/c1-10(2)11(3,4)17-12(16-10)7-5-6-8(13)15-9(7)14/h5-6H,1-4H3,(H2,14,15). The van der Waals surface area contributed by atoms with Gasteiger partial charge in [-0.25, -0.2) is 4.98 Å². The van der Waals surface area contributed by atoms with Crippen LogP contribution in [-0.4, -0.2) is 23.3 Å². The lowest BCUT2D eigenvalue weighted by molar-refractivity contribution is 0.00578. The summed E-state index contributed by atoms with van der Waals surface area (Å²) in [4.78, 5) is 4.15. The van der Waals surface area contributed by atoms with Crippen molar-refractivity contribution in [1.82, 2.24) is 4.98 Å². The van der Waals surface area contributed by atoms with E-state index in [4.69, 9.17) is 15.0 Å². The normalized spacial score (nSPS) is 21.8. The first kappa shape index (κ1) is 12.9. The van der Waals surface area contributed by atoms with E-state index in [9.17, 15) is 0 Å². The minimum atomic E-state index is -0.458. The predicted molar refractivity (Wildman–Crippen MR) is 72.1 cm³/mol. The Morgan fingerprint density at radius 3 is 2.18 bits per heavy atom. The van der Waals surface area contributed by atoms with Gasteiger partial charge in [0.2, 0.25) is 0 Å². The van der Waals surface area contributed by atoms with E-state index in [0.717, 1.165) is 5.46 Å². The summed E-state index contributed by atoms with van der Waals surface area (Å²) in [6, 6.07) is 3.70. The number of rotatable bonds is 1. The average Bonchev–Trinajstić information content (AvgIpc) is 2.35. The van der Waals surface area contributed by atoms with Crippen molar-refractivity contribution in [3.05, 3.63) is 16.7 Å².